The van der Waals surface area contributed by atoms with Gasteiger partial charge < -0.3 is 5.32 Å². The minimum Gasteiger partial charge on any atom is -0.369 e. The van der Waals surface area contributed by atoms with Crippen LogP contribution in [0.25, 0.3) is 0 Å². The smallest absolute Gasteiger partial charge is 0.142 e. The Morgan fingerprint density at radius 3 is 2.88 bits per heavy atom. The number of aromatic nitrogens is 2. The molecule has 0 unspecified atom stereocenters. The van der Waals surface area contributed by atoms with E-state index in [1.165, 1.54) is 31.4 Å². The molecule has 0 aromatic carbocycles. The largest absolute Gasteiger partial charge is 0.369 e. The van der Waals surface area contributed by atoms with Gasteiger partial charge in [0.25, 0.3) is 0 Å². The van der Waals surface area contributed by atoms with E-state index in [9.17, 15) is 0 Å². The van der Waals surface area contributed by atoms with Crippen LogP contribution in [0.4, 0.5) is 5.82 Å². The van der Waals surface area contributed by atoms with Crippen molar-refractivity contribution in [3.8, 4) is 0 Å². The van der Waals surface area contributed by atoms with Gasteiger partial charge in [-0.2, -0.15) is 11.8 Å². The second-order valence-corrected chi connectivity index (χ2v) is 5.70. The summed E-state index contributed by atoms with van der Waals surface area (Å²) in [5.41, 5.74) is 0. The van der Waals surface area contributed by atoms with Gasteiger partial charge in [-0.25, -0.2) is 9.97 Å². The predicted molar refractivity (Wildman–Crippen MR) is 80.1 cm³/mol. The van der Waals surface area contributed by atoms with E-state index >= 15 is 0 Å². The van der Waals surface area contributed by atoms with Gasteiger partial charge in [-0.1, -0.05) is 12.8 Å². The van der Waals surface area contributed by atoms with E-state index in [2.05, 4.69) is 44.1 Å². The Kier molecular flexibility index (Phi) is 7.92. The first-order chi connectivity index (χ1) is 7.84. The Hall–Kier alpha value is -0.0400. The summed E-state index contributed by atoms with van der Waals surface area (Å²) in [6.07, 6.45) is 10.8. The van der Waals surface area contributed by atoms with Crippen LogP contribution in [0, 0.1) is 3.57 Å². The van der Waals surface area contributed by atoms with Crippen molar-refractivity contribution in [3.05, 3.63) is 16.1 Å². The maximum Gasteiger partial charge on any atom is 0.142 e. The molecular formula is C11H18IN3S. The van der Waals surface area contributed by atoms with Gasteiger partial charge in [-0.15, -0.1) is 0 Å². The van der Waals surface area contributed by atoms with Gasteiger partial charge in [0.1, 0.15) is 12.1 Å². The molecule has 0 fully saturated rings. The average Bonchev–Trinajstić information content (AvgIpc) is 2.30. The molecule has 0 saturated carbocycles. The number of thioether (sulfide) groups is 1. The zero-order valence-electron chi connectivity index (χ0n) is 9.58. The van der Waals surface area contributed by atoms with E-state index in [1.807, 2.05) is 18.0 Å². The Balaban J connectivity index is 2.05. The lowest BCUT2D eigenvalue weighted by Gasteiger charge is -2.06. The third kappa shape index (κ3) is 5.89. The Morgan fingerprint density at radius 2 is 2.12 bits per heavy atom. The fraction of sp³-hybridized carbons (Fsp3) is 0.636. The zero-order chi connectivity index (χ0) is 11.6. The normalized spacial score (nSPS) is 10.4. The molecule has 0 atom stereocenters. The molecule has 1 aromatic rings. The van der Waals surface area contributed by atoms with Crippen LogP contribution >= 0.6 is 34.4 Å². The number of halogens is 1. The van der Waals surface area contributed by atoms with Crippen molar-refractivity contribution in [2.24, 2.45) is 0 Å². The van der Waals surface area contributed by atoms with Crippen LogP contribution in [0.5, 0.6) is 0 Å². The van der Waals surface area contributed by atoms with Crippen molar-refractivity contribution in [1.82, 2.24) is 9.97 Å². The van der Waals surface area contributed by atoms with Gasteiger partial charge in [0.15, 0.2) is 0 Å². The predicted octanol–water partition coefficient (Wildman–Crippen LogP) is 3.42. The van der Waals surface area contributed by atoms with Crippen LogP contribution in [-0.4, -0.2) is 28.5 Å². The molecule has 0 saturated heterocycles. The van der Waals surface area contributed by atoms with E-state index in [4.69, 9.17) is 0 Å². The molecule has 0 spiro atoms. The van der Waals surface area contributed by atoms with Gasteiger partial charge in [0.2, 0.25) is 0 Å². The summed E-state index contributed by atoms with van der Waals surface area (Å²) in [6.45, 7) is 1.01. The summed E-state index contributed by atoms with van der Waals surface area (Å²) in [7, 11) is 0. The average molecular weight is 351 g/mol. The van der Waals surface area contributed by atoms with Crippen LogP contribution in [0.2, 0.25) is 0 Å². The van der Waals surface area contributed by atoms with Crippen molar-refractivity contribution in [2.75, 3.05) is 23.9 Å². The van der Waals surface area contributed by atoms with Crippen molar-refractivity contribution >= 4 is 40.2 Å². The van der Waals surface area contributed by atoms with Gasteiger partial charge in [0, 0.05) is 12.7 Å². The molecule has 1 heterocycles. The number of hydrogen-bond acceptors (Lipinski definition) is 4. The summed E-state index contributed by atoms with van der Waals surface area (Å²) < 4.78 is 1.09. The third-order valence-electron chi connectivity index (χ3n) is 2.24. The molecule has 16 heavy (non-hydrogen) atoms. The van der Waals surface area contributed by atoms with Crippen molar-refractivity contribution < 1.29 is 0 Å². The monoisotopic (exact) mass is 351 g/mol. The fourth-order valence-electron chi connectivity index (χ4n) is 1.37. The third-order valence-corrected chi connectivity index (χ3v) is 3.72. The topological polar surface area (TPSA) is 37.8 Å². The molecule has 5 heteroatoms. The molecule has 1 aromatic heterocycles. The highest BCUT2D eigenvalue weighted by molar-refractivity contribution is 14.1. The molecule has 3 nitrogen and oxygen atoms in total. The van der Waals surface area contributed by atoms with Crippen LogP contribution in [-0.2, 0) is 0 Å². The Labute approximate surface area is 115 Å². The summed E-state index contributed by atoms with van der Waals surface area (Å²) in [4.78, 5) is 8.15. The van der Waals surface area contributed by atoms with Gasteiger partial charge >= 0.3 is 0 Å². The van der Waals surface area contributed by atoms with E-state index in [0.717, 1.165) is 15.9 Å². The highest BCUT2D eigenvalue weighted by Gasteiger charge is 1.98. The standard InChI is InChI=1S/C11H18IN3S/c1-16-7-5-3-2-4-6-14-11-10(12)8-13-9-15-11/h8-9H,2-7H2,1H3,(H,13,14,15). The highest BCUT2D eigenvalue weighted by atomic mass is 127. The maximum atomic E-state index is 4.19. The van der Waals surface area contributed by atoms with E-state index in [1.54, 1.807) is 6.33 Å². The first-order valence-corrected chi connectivity index (χ1v) is 8.00. The van der Waals surface area contributed by atoms with E-state index in [-0.39, 0.29) is 0 Å². The quantitative estimate of drug-likeness (QED) is 0.575. The molecular weight excluding hydrogens is 333 g/mol. The van der Waals surface area contributed by atoms with Gasteiger partial charge in [-0.05, 0) is 47.4 Å². The molecule has 0 aliphatic rings. The Morgan fingerprint density at radius 1 is 1.31 bits per heavy atom. The van der Waals surface area contributed by atoms with Crippen molar-refractivity contribution in [3.63, 3.8) is 0 Å². The van der Waals surface area contributed by atoms with Gasteiger partial charge in [-0.3, -0.25) is 0 Å². The van der Waals surface area contributed by atoms with Crippen LogP contribution in [0.15, 0.2) is 12.5 Å². The van der Waals surface area contributed by atoms with Crippen LogP contribution in [0.1, 0.15) is 25.7 Å². The SMILES string of the molecule is CSCCCCCCNc1ncncc1I. The minimum absolute atomic E-state index is 0.958. The number of nitrogens with one attached hydrogen (secondary N) is 1. The molecule has 1 rings (SSSR count). The van der Waals surface area contributed by atoms with Crippen LogP contribution in [0.3, 0.4) is 0 Å². The fourth-order valence-corrected chi connectivity index (χ4v) is 2.36. The summed E-state index contributed by atoms with van der Waals surface area (Å²) in [5, 5.41) is 3.34. The molecule has 90 valence electrons. The molecule has 0 bridgehead atoms. The zero-order valence-corrected chi connectivity index (χ0v) is 12.6. The van der Waals surface area contributed by atoms with E-state index < -0.39 is 0 Å². The first kappa shape index (κ1) is 14.0. The number of unbranched alkanes of at least 4 members (excludes halogenated alkanes) is 3. The number of rotatable bonds is 8. The second kappa shape index (κ2) is 9.04. The minimum atomic E-state index is 0.958. The first-order valence-electron chi connectivity index (χ1n) is 5.53. The van der Waals surface area contributed by atoms with E-state index in [0.29, 0.717) is 0 Å². The molecule has 1 N–H and O–H groups in total. The molecule has 0 radical (unpaired) electrons. The lowest BCUT2D eigenvalue weighted by atomic mass is 10.2. The highest BCUT2D eigenvalue weighted by Crippen LogP contribution is 2.12. The second-order valence-electron chi connectivity index (χ2n) is 3.55. The van der Waals surface area contributed by atoms with Crippen LogP contribution < -0.4 is 5.32 Å². The number of hydrogen-bond donors (Lipinski definition) is 1. The summed E-state index contributed by atoms with van der Waals surface area (Å²) >= 11 is 4.18. The number of nitrogens with zero attached hydrogens (tertiary/aromatic N) is 2. The lowest BCUT2D eigenvalue weighted by Crippen LogP contribution is -2.05. The van der Waals surface area contributed by atoms with Gasteiger partial charge in [0.05, 0.1) is 3.57 Å². The summed E-state index contributed by atoms with van der Waals surface area (Å²) in [5.74, 6) is 2.25. The lowest BCUT2D eigenvalue weighted by molar-refractivity contribution is 0.688. The van der Waals surface area contributed by atoms with Crippen molar-refractivity contribution in [1.29, 1.82) is 0 Å². The molecule has 0 amide bonds. The maximum absolute atomic E-state index is 4.19. The Bertz CT molecular complexity index is 296. The molecule has 0 aliphatic heterocycles. The summed E-state index contributed by atoms with van der Waals surface area (Å²) in [6, 6.07) is 0. The number of anilines is 1. The van der Waals surface area contributed by atoms with Crippen molar-refractivity contribution in [2.45, 2.75) is 25.7 Å². The molecule has 0 aliphatic carbocycles.